The SMILES string of the molecule is CN1CCN(C)C2OC2C1. The first-order chi connectivity index (χ1) is 4.77. The van der Waals surface area contributed by atoms with E-state index in [9.17, 15) is 0 Å². The van der Waals surface area contributed by atoms with Crippen molar-refractivity contribution in [1.29, 1.82) is 0 Å². The highest BCUT2D eigenvalue weighted by atomic mass is 16.6. The van der Waals surface area contributed by atoms with E-state index >= 15 is 0 Å². The zero-order valence-electron chi connectivity index (χ0n) is 6.58. The summed E-state index contributed by atoms with van der Waals surface area (Å²) in [7, 11) is 4.28. The molecule has 58 valence electrons. The Balaban J connectivity index is 1.97. The summed E-state index contributed by atoms with van der Waals surface area (Å²) in [4.78, 5) is 4.61. The average molecular weight is 142 g/mol. The largest absolute Gasteiger partial charge is 0.352 e. The molecule has 2 rings (SSSR count). The fourth-order valence-corrected chi connectivity index (χ4v) is 1.51. The first-order valence-corrected chi connectivity index (χ1v) is 3.81. The molecule has 2 atom stereocenters. The van der Waals surface area contributed by atoms with Crippen molar-refractivity contribution in [3.8, 4) is 0 Å². The van der Waals surface area contributed by atoms with Gasteiger partial charge in [0.25, 0.3) is 0 Å². The number of nitrogens with zero attached hydrogens (tertiary/aromatic N) is 2. The van der Waals surface area contributed by atoms with Crippen molar-refractivity contribution in [3.05, 3.63) is 0 Å². The fraction of sp³-hybridized carbons (Fsp3) is 1.00. The number of rotatable bonds is 0. The van der Waals surface area contributed by atoms with E-state index in [1.165, 1.54) is 6.54 Å². The summed E-state index contributed by atoms with van der Waals surface area (Å²) in [6.45, 7) is 3.42. The lowest BCUT2D eigenvalue weighted by molar-refractivity contribution is 0.173. The molecule has 0 aromatic carbocycles. The maximum Gasteiger partial charge on any atom is 0.138 e. The van der Waals surface area contributed by atoms with Crippen LogP contribution in [-0.2, 0) is 4.74 Å². The van der Waals surface area contributed by atoms with Crippen LogP contribution in [0, 0.1) is 0 Å². The van der Waals surface area contributed by atoms with Gasteiger partial charge < -0.3 is 9.64 Å². The molecule has 0 radical (unpaired) electrons. The van der Waals surface area contributed by atoms with E-state index in [0.29, 0.717) is 12.3 Å². The molecule has 0 bridgehead atoms. The first-order valence-electron chi connectivity index (χ1n) is 3.81. The van der Waals surface area contributed by atoms with Gasteiger partial charge in [0.1, 0.15) is 12.3 Å². The van der Waals surface area contributed by atoms with E-state index in [1.54, 1.807) is 0 Å². The van der Waals surface area contributed by atoms with Crippen LogP contribution in [0.3, 0.4) is 0 Å². The van der Waals surface area contributed by atoms with E-state index in [-0.39, 0.29) is 0 Å². The van der Waals surface area contributed by atoms with E-state index in [0.717, 1.165) is 13.1 Å². The highest BCUT2D eigenvalue weighted by Crippen LogP contribution is 2.27. The van der Waals surface area contributed by atoms with Crippen LogP contribution in [-0.4, -0.2) is 55.9 Å². The maximum atomic E-state index is 5.42. The van der Waals surface area contributed by atoms with Gasteiger partial charge in [0, 0.05) is 19.6 Å². The zero-order valence-corrected chi connectivity index (χ0v) is 6.58. The first kappa shape index (κ1) is 6.58. The number of fused-ring (bicyclic) bond motifs is 1. The Labute approximate surface area is 61.6 Å². The lowest BCUT2D eigenvalue weighted by Crippen LogP contribution is -2.28. The van der Waals surface area contributed by atoms with Crippen LogP contribution in [0.25, 0.3) is 0 Å². The molecule has 0 N–H and O–H groups in total. The van der Waals surface area contributed by atoms with Gasteiger partial charge in [-0.2, -0.15) is 0 Å². The van der Waals surface area contributed by atoms with Gasteiger partial charge in [-0.1, -0.05) is 0 Å². The summed E-state index contributed by atoms with van der Waals surface area (Å²) in [6, 6.07) is 0. The second-order valence-electron chi connectivity index (χ2n) is 3.31. The van der Waals surface area contributed by atoms with Crippen molar-refractivity contribution >= 4 is 0 Å². The molecule has 0 amide bonds. The number of ether oxygens (including phenoxy) is 1. The van der Waals surface area contributed by atoms with E-state index in [4.69, 9.17) is 4.74 Å². The summed E-state index contributed by atoms with van der Waals surface area (Å²) in [5.74, 6) is 0. The third-order valence-corrected chi connectivity index (χ3v) is 2.32. The molecule has 2 aliphatic rings. The van der Waals surface area contributed by atoms with Crippen molar-refractivity contribution in [2.45, 2.75) is 12.3 Å². The highest BCUT2D eigenvalue weighted by molar-refractivity contribution is 4.88. The highest BCUT2D eigenvalue weighted by Gasteiger charge is 2.44. The molecular formula is C7H14N2O. The Morgan fingerprint density at radius 2 is 2.10 bits per heavy atom. The van der Waals surface area contributed by atoms with E-state index in [1.807, 2.05) is 0 Å². The third-order valence-electron chi connectivity index (χ3n) is 2.32. The summed E-state index contributed by atoms with van der Waals surface area (Å²) < 4.78 is 5.42. The molecule has 0 aliphatic carbocycles. The van der Waals surface area contributed by atoms with Gasteiger partial charge in [0.05, 0.1) is 0 Å². The summed E-state index contributed by atoms with van der Waals surface area (Å²) >= 11 is 0. The van der Waals surface area contributed by atoms with Crippen molar-refractivity contribution in [1.82, 2.24) is 9.80 Å². The van der Waals surface area contributed by atoms with Crippen LogP contribution < -0.4 is 0 Å². The predicted octanol–water partition coefficient (Wildman–Crippen LogP) is -0.412. The van der Waals surface area contributed by atoms with Crippen LogP contribution in [0.15, 0.2) is 0 Å². The Bertz CT molecular complexity index is 140. The Kier molecular flexibility index (Phi) is 1.44. The normalized spacial score (nSPS) is 42.6. The summed E-state index contributed by atoms with van der Waals surface area (Å²) in [5.41, 5.74) is 0. The third kappa shape index (κ3) is 1.05. The monoisotopic (exact) mass is 142 g/mol. The molecule has 3 heteroatoms. The van der Waals surface area contributed by atoms with Crippen molar-refractivity contribution in [2.24, 2.45) is 0 Å². The molecule has 0 aromatic rings. The predicted molar refractivity (Wildman–Crippen MR) is 38.8 cm³/mol. The molecule has 0 aromatic heterocycles. The number of likely N-dealkylation sites (N-methyl/N-ethyl adjacent to an activating group) is 2. The minimum absolute atomic E-state index is 0.435. The average Bonchev–Trinajstić information content (AvgIpc) is 2.60. The van der Waals surface area contributed by atoms with Crippen molar-refractivity contribution < 1.29 is 4.74 Å². The van der Waals surface area contributed by atoms with Crippen molar-refractivity contribution in [2.75, 3.05) is 33.7 Å². The molecule has 0 spiro atoms. The molecule has 2 saturated heterocycles. The molecule has 2 unspecified atom stereocenters. The molecule has 3 nitrogen and oxygen atoms in total. The fourth-order valence-electron chi connectivity index (χ4n) is 1.51. The number of epoxide rings is 1. The van der Waals surface area contributed by atoms with Crippen LogP contribution >= 0.6 is 0 Å². The Hall–Kier alpha value is -0.120. The molecule has 2 fully saturated rings. The second kappa shape index (κ2) is 2.19. The minimum atomic E-state index is 0.435. The topological polar surface area (TPSA) is 19.0 Å². The lowest BCUT2D eigenvalue weighted by atomic mass is 10.4. The van der Waals surface area contributed by atoms with E-state index in [2.05, 4.69) is 23.9 Å². The lowest BCUT2D eigenvalue weighted by Gasteiger charge is -2.15. The van der Waals surface area contributed by atoms with Crippen LogP contribution in [0.2, 0.25) is 0 Å². The van der Waals surface area contributed by atoms with Gasteiger partial charge in [-0.05, 0) is 14.1 Å². The summed E-state index contributed by atoms with van der Waals surface area (Å²) in [6.07, 6.45) is 0.933. The smallest absolute Gasteiger partial charge is 0.138 e. The van der Waals surface area contributed by atoms with Crippen molar-refractivity contribution in [3.63, 3.8) is 0 Å². The molecule has 0 saturated carbocycles. The van der Waals surface area contributed by atoms with Gasteiger partial charge in [-0.25, -0.2) is 0 Å². The Morgan fingerprint density at radius 3 is 2.90 bits per heavy atom. The zero-order chi connectivity index (χ0) is 7.14. The molecule has 2 aliphatic heterocycles. The van der Waals surface area contributed by atoms with Gasteiger partial charge in [-0.3, -0.25) is 4.90 Å². The molecule has 2 heterocycles. The molecular weight excluding hydrogens is 128 g/mol. The van der Waals surface area contributed by atoms with Crippen LogP contribution in [0.5, 0.6) is 0 Å². The quantitative estimate of drug-likeness (QED) is 0.428. The maximum absolute atomic E-state index is 5.42. The minimum Gasteiger partial charge on any atom is -0.352 e. The number of hydrogen-bond acceptors (Lipinski definition) is 3. The van der Waals surface area contributed by atoms with Gasteiger partial charge in [0.2, 0.25) is 0 Å². The van der Waals surface area contributed by atoms with Crippen LogP contribution in [0.1, 0.15) is 0 Å². The van der Waals surface area contributed by atoms with Crippen LogP contribution in [0.4, 0.5) is 0 Å². The second-order valence-corrected chi connectivity index (χ2v) is 3.31. The van der Waals surface area contributed by atoms with Gasteiger partial charge in [-0.15, -0.1) is 0 Å². The van der Waals surface area contributed by atoms with Gasteiger partial charge in [0.15, 0.2) is 0 Å². The Morgan fingerprint density at radius 1 is 1.30 bits per heavy atom. The van der Waals surface area contributed by atoms with E-state index < -0.39 is 0 Å². The molecule has 10 heavy (non-hydrogen) atoms. The summed E-state index contributed by atoms with van der Waals surface area (Å²) in [5, 5.41) is 0. The number of hydrogen-bond donors (Lipinski definition) is 0. The van der Waals surface area contributed by atoms with Gasteiger partial charge >= 0.3 is 0 Å². The standard InChI is InChI=1S/C7H14N2O/c1-8-3-4-9(2)7-6(5-8)10-7/h6-7H,3-5H2,1-2H3.